The lowest BCUT2D eigenvalue weighted by Gasteiger charge is -2.11. The van der Waals surface area contributed by atoms with Gasteiger partial charge < -0.3 is 10.5 Å². The van der Waals surface area contributed by atoms with Gasteiger partial charge in [0.2, 0.25) is 0 Å². The van der Waals surface area contributed by atoms with Crippen LogP contribution in [0.5, 0.6) is 5.75 Å². The predicted octanol–water partition coefficient (Wildman–Crippen LogP) is 2.21. The fourth-order valence-corrected chi connectivity index (χ4v) is 2.25. The van der Waals surface area contributed by atoms with Gasteiger partial charge in [-0.2, -0.15) is 5.10 Å². The van der Waals surface area contributed by atoms with Gasteiger partial charge in [0.25, 0.3) is 0 Å². The largest absolute Gasteiger partial charge is 0.496 e. The number of aromatic nitrogens is 2. The standard InChI is InChI=1S/C15H21N3O/c1-10-7-12(15(19-4)8-11(10)2)13-9-18(3)17-14(13)5-6-16/h7-9H,5-6,16H2,1-4H3. The van der Waals surface area contributed by atoms with Crippen molar-refractivity contribution in [3.8, 4) is 16.9 Å². The number of rotatable bonds is 4. The molecule has 0 fully saturated rings. The zero-order valence-electron chi connectivity index (χ0n) is 12.0. The van der Waals surface area contributed by atoms with Crippen LogP contribution in [0, 0.1) is 13.8 Å². The van der Waals surface area contributed by atoms with Crippen molar-refractivity contribution in [3.05, 3.63) is 35.2 Å². The summed E-state index contributed by atoms with van der Waals surface area (Å²) in [6.07, 6.45) is 2.80. The summed E-state index contributed by atoms with van der Waals surface area (Å²) in [6.45, 7) is 4.79. The van der Waals surface area contributed by atoms with Gasteiger partial charge >= 0.3 is 0 Å². The van der Waals surface area contributed by atoms with E-state index in [1.807, 2.05) is 17.9 Å². The monoisotopic (exact) mass is 259 g/mol. The number of methoxy groups -OCH3 is 1. The minimum absolute atomic E-state index is 0.594. The molecule has 0 unspecified atom stereocenters. The highest BCUT2D eigenvalue weighted by Gasteiger charge is 2.14. The molecule has 4 heteroatoms. The number of ether oxygens (including phenoxy) is 1. The maximum atomic E-state index is 5.66. The van der Waals surface area contributed by atoms with Crippen LogP contribution < -0.4 is 10.5 Å². The highest BCUT2D eigenvalue weighted by Crippen LogP contribution is 2.34. The molecular formula is C15H21N3O. The van der Waals surface area contributed by atoms with Crippen molar-refractivity contribution in [2.24, 2.45) is 12.8 Å². The number of hydrogen-bond donors (Lipinski definition) is 1. The first kappa shape index (κ1) is 13.6. The predicted molar refractivity (Wildman–Crippen MR) is 77.4 cm³/mol. The molecular weight excluding hydrogens is 238 g/mol. The average molecular weight is 259 g/mol. The maximum absolute atomic E-state index is 5.66. The molecule has 0 saturated carbocycles. The number of nitrogens with two attached hydrogens (primary N) is 1. The van der Waals surface area contributed by atoms with Gasteiger partial charge in [-0.25, -0.2) is 0 Å². The van der Waals surface area contributed by atoms with Crippen molar-refractivity contribution in [1.82, 2.24) is 9.78 Å². The van der Waals surface area contributed by atoms with E-state index in [2.05, 4.69) is 31.1 Å². The highest BCUT2D eigenvalue weighted by atomic mass is 16.5. The number of benzene rings is 1. The van der Waals surface area contributed by atoms with Crippen molar-refractivity contribution in [3.63, 3.8) is 0 Å². The van der Waals surface area contributed by atoms with Crippen molar-refractivity contribution in [1.29, 1.82) is 0 Å². The molecule has 0 radical (unpaired) electrons. The average Bonchev–Trinajstić information content (AvgIpc) is 2.73. The summed E-state index contributed by atoms with van der Waals surface area (Å²) in [5.41, 5.74) is 11.3. The second kappa shape index (κ2) is 5.45. The SMILES string of the molecule is COc1cc(C)c(C)cc1-c1cn(C)nc1CCN. The molecule has 2 N–H and O–H groups in total. The number of aryl methyl sites for hydroxylation is 3. The molecule has 4 nitrogen and oxygen atoms in total. The van der Waals surface area contributed by atoms with Gasteiger partial charge in [-0.1, -0.05) is 0 Å². The Morgan fingerprint density at radius 3 is 2.53 bits per heavy atom. The summed E-state index contributed by atoms with van der Waals surface area (Å²) in [7, 11) is 3.63. The molecule has 0 saturated heterocycles. The molecule has 2 rings (SSSR count). The van der Waals surface area contributed by atoms with Crippen LogP contribution in [0.3, 0.4) is 0 Å². The minimum atomic E-state index is 0.594. The number of hydrogen-bond acceptors (Lipinski definition) is 3. The maximum Gasteiger partial charge on any atom is 0.127 e. The minimum Gasteiger partial charge on any atom is -0.496 e. The van der Waals surface area contributed by atoms with Crippen molar-refractivity contribution < 1.29 is 4.74 Å². The number of nitrogens with zero attached hydrogens (tertiary/aromatic N) is 2. The van der Waals surface area contributed by atoms with Crippen LogP contribution >= 0.6 is 0 Å². The third-order valence-electron chi connectivity index (χ3n) is 3.39. The summed E-state index contributed by atoms with van der Waals surface area (Å²) in [5, 5.41) is 4.49. The molecule has 0 amide bonds. The first-order valence-corrected chi connectivity index (χ1v) is 6.45. The van der Waals surface area contributed by atoms with Crippen LogP contribution in [0.15, 0.2) is 18.3 Å². The van der Waals surface area contributed by atoms with E-state index in [9.17, 15) is 0 Å². The Kier molecular flexibility index (Phi) is 3.90. The smallest absolute Gasteiger partial charge is 0.127 e. The van der Waals surface area contributed by atoms with E-state index in [4.69, 9.17) is 10.5 Å². The molecule has 0 spiro atoms. The van der Waals surface area contributed by atoms with Gasteiger partial charge in [0, 0.05) is 30.8 Å². The second-order valence-electron chi connectivity index (χ2n) is 4.84. The Hall–Kier alpha value is -1.81. The molecule has 1 aromatic carbocycles. The van der Waals surface area contributed by atoms with Gasteiger partial charge in [0.1, 0.15) is 5.75 Å². The van der Waals surface area contributed by atoms with E-state index in [0.717, 1.165) is 29.0 Å². The molecule has 0 aliphatic rings. The lowest BCUT2D eigenvalue weighted by molar-refractivity contribution is 0.416. The zero-order valence-corrected chi connectivity index (χ0v) is 12.0. The van der Waals surface area contributed by atoms with Crippen LogP contribution in [0.1, 0.15) is 16.8 Å². The first-order valence-electron chi connectivity index (χ1n) is 6.45. The van der Waals surface area contributed by atoms with E-state index < -0.39 is 0 Å². The third-order valence-corrected chi connectivity index (χ3v) is 3.39. The van der Waals surface area contributed by atoms with E-state index >= 15 is 0 Å². The van der Waals surface area contributed by atoms with Crippen LogP contribution in [0.4, 0.5) is 0 Å². The van der Waals surface area contributed by atoms with E-state index in [1.165, 1.54) is 11.1 Å². The molecule has 0 aliphatic carbocycles. The topological polar surface area (TPSA) is 53.1 Å². The van der Waals surface area contributed by atoms with Gasteiger partial charge in [-0.05, 0) is 43.7 Å². The summed E-state index contributed by atoms with van der Waals surface area (Å²) >= 11 is 0. The first-order chi connectivity index (χ1) is 9.06. The van der Waals surface area contributed by atoms with Gasteiger partial charge in [0.15, 0.2) is 0 Å². The van der Waals surface area contributed by atoms with Crippen LogP contribution in [-0.2, 0) is 13.5 Å². The van der Waals surface area contributed by atoms with Crippen molar-refractivity contribution >= 4 is 0 Å². The summed E-state index contributed by atoms with van der Waals surface area (Å²) in [5.74, 6) is 0.884. The van der Waals surface area contributed by atoms with E-state index in [-0.39, 0.29) is 0 Å². The molecule has 0 atom stereocenters. The zero-order chi connectivity index (χ0) is 14.0. The van der Waals surface area contributed by atoms with Crippen LogP contribution in [0.25, 0.3) is 11.1 Å². The lowest BCUT2D eigenvalue weighted by atomic mass is 9.98. The van der Waals surface area contributed by atoms with Gasteiger partial charge in [-0.3, -0.25) is 4.68 Å². The lowest BCUT2D eigenvalue weighted by Crippen LogP contribution is -2.05. The summed E-state index contributed by atoms with van der Waals surface area (Å²) in [6, 6.07) is 4.23. The third kappa shape index (κ3) is 2.63. The Balaban J connectivity index is 2.60. The Morgan fingerprint density at radius 1 is 1.21 bits per heavy atom. The van der Waals surface area contributed by atoms with E-state index in [0.29, 0.717) is 6.54 Å². The summed E-state index contributed by atoms with van der Waals surface area (Å²) in [4.78, 5) is 0. The Morgan fingerprint density at radius 2 is 1.89 bits per heavy atom. The van der Waals surface area contributed by atoms with Gasteiger partial charge in [-0.15, -0.1) is 0 Å². The van der Waals surface area contributed by atoms with Gasteiger partial charge in [0.05, 0.1) is 12.8 Å². The fraction of sp³-hybridized carbons (Fsp3) is 0.400. The van der Waals surface area contributed by atoms with Crippen LogP contribution in [-0.4, -0.2) is 23.4 Å². The fourth-order valence-electron chi connectivity index (χ4n) is 2.25. The molecule has 0 bridgehead atoms. The highest BCUT2D eigenvalue weighted by molar-refractivity contribution is 5.73. The quantitative estimate of drug-likeness (QED) is 0.916. The molecule has 1 heterocycles. The summed E-state index contributed by atoms with van der Waals surface area (Å²) < 4.78 is 7.34. The normalized spacial score (nSPS) is 10.8. The Labute approximate surface area is 114 Å². The van der Waals surface area contributed by atoms with Crippen molar-refractivity contribution in [2.75, 3.05) is 13.7 Å². The molecule has 1 aromatic heterocycles. The molecule has 0 aliphatic heterocycles. The van der Waals surface area contributed by atoms with Crippen LogP contribution in [0.2, 0.25) is 0 Å². The Bertz CT molecular complexity index is 587. The second-order valence-corrected chi connectivity index (χ2v) is 4.84. The molecule has 2 aromatic rings. The molecule has 102 valence electrons. The molecule has 19 heavy (non-hydrogen) atoms. The van der Waals surface area contributed by atoms with Crippen molar-refractivity contribution in [2.45, 2.75) is 20.3 Å². The van der Waals surface area contributed by atoms with E-state index in [1.54, 1.807) is 7.11 Å².